The Kier molecular flexibility index (Phi) is 7.00. The molecule has 0 fully saturated rings. The Labute approximate surface area is 206 Å². The monoisotopic (exact) mass is 491 g/mol. The van der Waals surface area contributed by atoms with Crippen molar-refractivity contribution in [2.24, 2.45) is 0 Å². The molecule has 2 heterocycles. The van der Waals surface area contributed by atoms with Crippen LogP contribution >= 0.6 is 23.1 Å². The van der Waals surface area contributed by atoms with E-state index in [-0.39, 0.29) is 17.2 Å². The van der Waals surface area contributed by atoms with E-state index >= 15 is 0 Å². The topological polar surface area (TPSA) is 81.1 Å². The van der Waals surface area contributed by atoms with Gasteiger partial charge in [0.15, 0.2) is 10.9 Å². The molecule has 0 aliphatic heterocycles. The second-order valence-corrected chi connectivity index (χ2v) is 10.6. The number of nitrogens with one attached hydrogen (secondary N) is 1. The van der Waals surface area contributed by atoms with E-state index < -0.39 is 5.25 Å². The fourth-order valence-corrected chi connectivity index (χ4v) is 5.55. The van der Waals surface area contributed by atoms with E-state index in [0.717, 1.165) is 16.0 Å². The molecule has 34 heavy (non-hydrogen) atoms. The number of hydrogen-bond acceptors (Lipinski definition) is 6. The van der Waals surface area contributed by atoms with Gasteiger partial charge in [-0.3, -0.25) is 19.0 Å². The van der Waals surface area contributed by atoms with E-state index in [4.69, 9.17) is 4.98 Å². The van der Waals surface area contributed by atoms with Crippen molar-refractivity contribution in [3.63, 3.8) is 0 Å². The van der Waals surface area contributed by atoms with Gasteiger partial charge in [0.25, 0.3) is 5.56 Å². The van der Waals surface area contributed by atoms with Gasteiger partial charge in [0.2, 0.25) is 5.91 Å². The molecule has 1 atom stereocenters. The van der Waals surface area contributed by atoms with E-state index in [1.54, 1.807) is 35.8 Å². The predicted octanol–water partition coefficient (Wildman–Crippen LogP) is 5.45. The first kappa shape index (κ1) is 23.9. The Hall–Kier alpha value is -3.23. The molecule has 2 aromatic heterocycles. The third kappa shape index (κ3) is 4.98. The van der Waals surface area contributed by atoms with Crippen molar-refractivity contribution in [1.29, 1.82) is 0 Å². The lowest BCUT2D eigenvalue weighted by Gasteiger charge is -2.16. The number of carbonyl (C=O) groups is 2. The van der Waals surface area contributed by atoms with Crippen LogP contribution in [0.3, 0.4) is 0 Å². The number of thioether (sulfide) groups is 1. The predicted molar refractivity (Wildman–Crippen MR) is 139 cm³/mol. The number of benzene rings is 2. The van der Waals surface area contributed by atoms with Gasteiger partial charge >= 0.3 is 0 Å². The van der Waals surface area contributed by atoms with Gasteiger partial charge in [0.05, 0.1) is 17.2 Å². The van der Waals surface area contributed by atoms with Gasteiger partial charge in [-0.2, -0.15) is 0 Å². The lowest BCUT2D eigenvalue weighted by atomic mass is 10.1. The third-order valence-electron chi connectivity index (χ3n) is 5.63. The van der Waals surface area contributed by atoms with Crippen molar-refractivity contribution in [3.05, 3.63) is 86.5 Å². The molecule has 1 amide bonds. The largest absolute Gasteiger partial charge is 0.325 e. The molecule has 0 aliphatic rings. The van der Waals surface area contributed by atoms with Gasteiger partial charge in [-0.1, -0.05) is 54.2 Å². The molecule has 0 aliphatic carbocycles. The molecule has 174 valence electrons. The van der Waals surface area contributed by atoms with Crippen LogP contribution in [0, 0.1) is 13.8 Å². The second-order valence-electron chi connectivity index (χ2n) is 8.12. The number of nitrogens with zero attached hydrogens (tertiary/aromatic N) is 2. The Balaban J connectivity index is 1.66. The van der Waals surface area contributed by atoms with E-state index in [2.05, 4.69) is 5.32 Å². The number of ketones is 1. The number of rotatable bonds is 7. The standard InChI is InChI=1S/C26H25N3O3S2/c1-15-17(3)33-24-22(15)25(32)29(14-19-9-6-5-7-10-19)26(28-24)34-18(4)23(31)27-21-12-8-11-20(13-21)16(2)30/h5-13,18H,14H2,1-4H3,(H,27,31)/t18-/m0/s1. The fourth-order valence-electron chi connectivity index (χ4n) is 3.58. The number of hydrogen-bond donors (Lipinski definition) is 1. The van der Waals surface area contributed by atoms with Crippen LogP contribution in [0.25, 0.3) is 10.2 Å². The highest BCUT2D eigenvalue weighted by atomic mass is 32.2. The Morgan fingerprint density at radius 1 is 1.12 bits per heavy atom. The highest BCUT2D eigenvalue weighted by Crippen LogP contribution is 2.30. The first-order valence-corrected chi connectivity index (χ1v) is 12.6. The summed E-state index contributed by atoms with van der Waals surface area (Å²) in [6.07, 6.45) is 0. The Morgan fingerprint density at radius 2 is 1.85 bits per heavy atom. The molecule has 0 unspecified atom stereocenters. The number of aromatic nitrogens is 2. The van der Waals surface area contributed by atoms with Crippen molar-refractivity contribution in [2.75, 3.05) is 5.32 Å². The highest BCUT2D eigenvalue weighted by Gasteiger charge is 2.22. The smallest absolute Gasteiger partial charge is 0.263 e. The molecule has 4 aromatic rings. The van der Waals surface area contributed by atoms with Crippen LogP contribution in [0.1, 0.15) is 40.2 Å². The van der Waals surface area contributed by atoms with Crippen molar-refractivity contribution in [2.45, 2.75) is 44.6 Å². The van der Waals surface area contributed by atoms with Crippen LogP contribution in [-0.2, 0) is 11.3 Å². The number of anilines is 1. The summed E-state index contributed by atoms with van der Waals surface area (Å²) < 4.78 is 1.65. The average molecular weight is 492 g/mol. The highest BCUT2D eigenvalue weighted by molar-refractivity contribution is 8.00. The molecule has 8 heteroatoms. The van der Waals surface area contributed by atoms with Crippen molar-refractivity contribution >= 4 is 50.7 Å². The van der Waals surface area contributed by atoms with Crippen LogP contribution in [0.5, 0.6) is 0 Å². The van der Waals surface area contributed by atoms with Gasteiger partial charge in [-0.15, -0.1) is 11.3 Å². The molecule has 0 saturated heterocycles. The molecule has 6 nitrogen and oxygen atoms in total. The fraction of sp³-hybridized carbons (Fsp3) is 0.231. The number of thiophene rings is 1. The van der Waals surface area contributed by atoms with Crippen LogP contribution in [0.15, 0.2) is 64.5 Å². The molecule has 0 radical (unpaired) electrons. The van der Waals surface area contributed by atoms with E-state index in [1.165, 1.54) is 30.0 Å². The molecule has 0 saturated carbocycles. The van der Waals surface area contributed by atoms with Crippen LogP contribution < -0.4 is 10.9 Å². The maximum absolute atomic E-state index is 13.5. The zero-order chi connectivity index (χ0) is 24.4. The van der Waals surface area contributed by atoms with Crippen molar-refractivity contribution in [3.8, 4) is 0 Å². The van der Waals surface area contributed by atoms with Gasteiger partial charge in [-0.25, -0.2) is 4.98 Å². The van der Waals surface area contributed by atoms with Gasteiger partial charge < -0.3 is 5.32 Å². The molecule has 1 N–H and O–H groups in total. The molecule has 0 spiro atoms. The first-order valence-electron chi connectivity index (χ1n) is 10.9. The maximum Gasteiger partial charge on any atom is 0.263 e. The Bertz CT molecular complexity index is 1440. The summed E-state index contributed by atoms with van der Waals surface area (Å²) in [6, 6.07) is 16.6. The lowest BCUT2D eigenvalue weighted by Crippen LogP contribution is -2.27. The van der Waals surface area contributed by atoms with Crippen LogP contribution in [0.2, 0.25) is 0 Å². The molecule has 0 bridgehead atoms. The zero-order valence-corrected chi connectivity index (χ0v) is 21.0. The SMILES string of the molecule is CC(=O)c1cccc(NC(=O)[C@H](C)Sc2nc3sc(C)c(C)c3c(=O)n2Cc2ccccc2)c1. The zero-order valence-electron chi connectivity index (χ0n) is 19.4. The normalized spacial score (nSPS) is 12.0. The molecular formula is C26H25N3O3S2. The van der Waals surface area contributed by atoms with Crippen molar-refractivity contribution in [1.82, 2.24) is 9.55 Å². The quantitative estimate of drug-likeness (QED) is 0.211. The van der Waals surface area contributed by atoms with Gasteiger partial charge in [0, 0.05) is 16.1 Å². The molecular weight excluding hydrogens is 466 g/mol. The summed E-state index contributed by atoms with van der Waals surface area (Å²) in [5, 5.41) is 3.49. The number of aryl methyl sites for hydroxylation is 2. The average Bonchev–Trinajstić information content (AvgIpc) is 3.10. The van der Waals surface area contributed by atoms with Gasteiger partial charge in [0.1, 0.15) is 4.83 Å². The van der Waals surface area contributed by atoms with E-state index in [0.29, 0.717) is 33.2 Å². The minimum absolute atomic E-state index is 0.0671. The van der Waals surface area contributed by atoms with E-state index in [9.17, 15) is 14.4 Å². The number of Topliss-reactive ketones (excluding diaryl/α,β-unsaturated/α-hetero) is 1. The minimum atomic E-state index is -0.519. The lowest BCUT2D eigenvalue weighted by molar-refractivity contribution is -0.115. The van der Waals surface area contributed by atoms with Crippen LogP contribution in [0.4, 0.5) is 5.69 Å². The number of fused-ring (bicyclic) bond motifs is 1. The summed E-state index contributed by atoms with van der Waals surface area (Å²) in [4.78, 5) is 44.7. The molecule has 4 rings (SSSR count). The maximum atomic E-state index is 13.5. The molecule has 2 aromatic carbocycles. The second kappa shape index (κ2) is 9.95. The van der Waals surface area contributed by atoms with Gasteiger partial charge in [-0.05, 0) is 51.0 Å². The van der Waals surface area contributed by atoms with Crippen LogP contribution in [-0.4, -0.2) is 26.5 Å². The Morgan fingerprint density at radius 3 is 2.56 bits per heavy atom. The first-order chi connectivity index (χ1) is 16.2. The van der Waals surface area contributed by atoms with Crippen molar-refractivity contribution < 1.29 is 9.59 Å². The summed E-state index contributed by atoms with van der Waals surface area (Å²) in [5.74, 6) is -0.299. The third-order valence-corrected chi connectivity index (χ3v) is 7.82. The van der Waals surface area contributed by atoms with E-state index in [1.807, 2.05) is 44.2 Å². The summed E-state index contributed by atoms with van der Waals surface area (Å²) in [5.41, 5.74) is 2.92. The minimum Gasteiger partial charge on any atom is -0.325 e. The summed E-state index contributed by atoms with van der Waals surface area (Å²) in [7, 11) is 0. The number of carbonyl (C=O) groups excluding carboxylic acids is 2. The summed E-state index contributed by atoms with van der Waals surface area (Å²) >= 11 is 2.75. The summed E-state index contributed by atoms with van der Waals surface area (Å²) in [6.45, 7) is 7.57. The number of amides is 1.